The molecule has 17 heavy (non-hydrogen) atoms. The molecule has 1 aliphatic rings. The molecule has 3 heteroatoms. The van der Waals surface area contributed by atoms with Crippen LogP contribution in [-0.4, -0.2) is 6.04 Å². The Hall–Kier alpha value is -1.25. The molecule has 1 aromatic carbocycles. The highest BCUT2D eigenvalue weighted by atomic mass is 19.1. The molecule has 0 amide bonds. The van der Waals surface area contributed by atoms with Crippen LogP contribution >= 0.6 is 0 Å². The molecule has 2 rings (SSSR count). The van der Waals surface area contributed by atoms with E-state index >= 15 is 0 Å². The number of hydrogen-bond donors (Lipinski definition) is 2. The Bertz CT molecular complexity index is 392. The van der Waals surface area contributed by atoms with Crippen LogP contribution in [0.1, 0.15) is 33.1 Å². The maximum Gasteiger partial charge on any atom is 0.148 e. The van der Waals surface area contributed by atoms with E-state index in [2.05, 4.69) is 19.2 Å². The van der Waals surface area contributed by atoms with E-state index in [1.54, 1.807) is 12.1 Å². The van der Waals surface area contributed by atoms with Gasteiger partial charge < -0.3 is 11.1 Å². The molecular weight excluding hydrogens is 215 g/mol. The number of nitrogens with one attached hydrogen (secondary N) is 1. The Balaban J connectivity index is 2.06. The van der Waals surface area contributed by atoms with E-state index < -0.39 is 0 Å². The molecule has 0 radical (unpaired) electrons. The summed E-state index contributed by atoms with van der Waals surface area (Å²) in [6.45, 7) is 4.49. The molecule has 1 saturated carbocycles. The lowest BCUT2D eigenvalue weighted by atomic mass is 9.93. The predicted molar refractivity (Wildman–Crippen MR) is 70.4 cm³/mol. The lowest BCUT2D eigenvalue weighted by molar-refractivity contribution is 0.391. The van der Waals surface area contributed by atoms with E-state index in [0.717, 1.165) is 12.3 Å². The summed E-state index contributed by atoms with van der Waals surface area (Å²) >= 11 is 0. The lowest BCUT2D eigenvalue weighted by Gasteiger charge is -2.22. The van der Waals surface area contributed by atoms with Crippen molar-refractivity contribution in [3.05, 3.63) is 24.0 Å². The largest absolute Gasteiger partial charge is 0.399 e. The van der Waals surface area contributed by atoms with Gasteiger partial charge in [0.05, 0.1) is 5.69 Å². The molecule has 1 fully saturated rings. The standard InChI is InChI=1S/C14H21FN2/c1-3-10-4-6-13(9(10)2)17-14-7-5-11(16)8-12(14)15/h5,7-10,13,17H,3-4,6,16H2,1-2H3. The summed E-state index contributed by atoms with van der Waals surface area (Å²) in [4.78, 5) is 0. The van der Waals surface area contributed by atoms with Gasteiger partial charge in [0.1, 0.15) is 5.82 Å². The summed E-state index contributed by atoms with van der Waals surface area (Å²) < 4.78 is 13.7. The summed E-state index contributed by atoms with van der Waals surface area (Å²) in [5.41, 5.74) is 6.59. The van der Waals surface area contributed by atoms with Crippen LogP contribution in [0.15, 0.2) is 18.2 Å². The summed E-state index contributed by atoms with van der Waals surface area (Å²) in [6, 6.07) is 5.23. The predicted octanol–water partition coefficient (Wildman–Crippen LogP) is 3.64. The van der Waals surface area contributed by atoms with Gasteiger partial charge >= 0.3 is 0 Å². The number of nitrogens with two attached hydrogens (primary N) is 1. The first-order chi connectivity index (χ1) is 8.11. The molecule has 2 nitrogen and oxygen atoms in total. The Labute approximate surface area is 102 Å². The number of benzene rings is 1. The molecule has 1 aliphatic carbocycles. The average Bonchev–Trinajstić information content (AvgIpc) is 2.64. The van der Waals surface area contributed by atoms with Gasteiger partial charge in [-0.15, -0.1) is 0 Å². The van der Waals surface area contributed by atoms with E-state index in [-0.39, 0.29) is 5.82 Å². The highest BCUT2D eigenvalue weighted by Gasteiger charge is 2.31. The van der Waals surface area contributed by atoms with Crippen LogP contribution in [0, 0.1) is 17.7 Å². The van der Waals surface area contributed by atoms with Crippen LogP contribution in [-0.2, 0) is 0 Å². The minimum Gasteiger partial charge on any atom is -0.399 e. The topological polar surface area (TPSA) is 38.0 Å². The normalized spacial score (nSPS) is 28.3. The number of hydrogen-bond acceptors (Lipinski definition) is 2. The Morgan fingerprint density at radius 2 is 2.18 bits per heavy atom. The van der Waals surface area contributed by atoms with Crippen LogP contribution < -0.4 is 11.1 Å². The van der Waals surface area contributed by atoms with Crippen molar-refractivity contribution in [2.24, 2.45) is 11.8 Å². The van der Waals surface area contributed by atoms with Gasteiger partial charge in [0.25, 0.3) is 0 Å². The van der Waals surface area contributed by atoms with Gasteiger partial charge in [-0.05, 0) is 42.9 Å². The van der Waals surface area contributed by atoms with Gasteiger partial charge in [0, 0.05) is 11.7 Å². The van der Waals surface area contributed by atoms with E-state index in [0.29, 0.717) is 23.3 Å². The summed E-state index contributed by atoms with van der Waals surface area (Å²) in [6.07, 6.45) is 3.58. The minimum absolute atomic E-state index is 0.253. The van der Waals surface area contributed by atoms with E-state index in [1.165, 1.54) is 18.9 Å². The Morgan fingerprint density at radius 1 is 1.41 bits per heavy atom. The van der Waals surface area contributed by atoms with Gasteiger partial charge in [-0.25, -0.2) is 4.39 Å². The van der Waals surface area contributed by atoms with E-state index in [1.807, 2.05) is 0 Å². The molecule has 0 spiro atoms. The fraction of sp³-hybridized carbons (Fsp3) is 0.571. The molecule has 3 atom stereocenters. The summed E-state index contributed by atoms with van der Waals surface area (Å²) in [5.74, 6) is 1.12. The molecule has 0 aliphatic heterocycles. The maximum atomic E-state index is 13.7. The van der Waals surface area contributed by atoms with Crippen LogP contribution in [0.3, 0.4) is 0 Å². The molecule has 94 valence electrons. The molecular formula is C14H21FN2. The van der Waals surface area contributed by atoms with Gasteiger partial charge in [-0.3, -0.25) is 0 Å². The molecule has 0 bridgehead atoms. The van der Waals surface area contributed by atoms with Gasteiger partial charge in [-0.1, -0.05) is 20.3 Å². The first kappa shape index (κ1) is 12.2. The second-order valence-electron chi connectivity index (χ2n) is 5.09. The van der Waals surface area contributed by atoms with Crippen molar-refractivity contribution < 1.29 is 4.39 Å². The van der Waals surface area contributed by atoms with Gasteiger partial charge in [-0.2, -0.15) is 0 Å². The zero-order valence-electron chi connectivity index (χ0n) is 10.5. The zero-order valence-corrected chi connectivity index (χ0v) is 10.5. The van der Waals surface area contributed by atoms with E-state index in [9.17, 15) is 4.39 Å². The first-order valence-electron chi connectivity index (χ1n) is 6.43. The second kappa shape index (κ2) is 4.94. The highest BCUT2D eigenvalue weighted by Crippen LogP contribution is 2.36. The average molecular weight is 236 g/mol. The van der Waals surface area contributed by atoms with Crippen molar-refractivity contribution in [1.82, 2.24) is 0 Å². The highest BCUT2D eigenvalue weighted by molar-refractivity contribution is 5.53. The van der Waals surface area contributed by atoms with Crippen LogP contribution in [0.4, 0.5) is 15.8 Å². The van der Waals surface area contributed by atoms with E-state index in [4.69, 9.17) is 5.73 Å². The van der Waals surface area contributed by atoms with Crippen molar-refractivity contribution in [3.8, 4) is 0 Å². The molecule has 1 aromatic rings. The van der Waals surface area contributed by atoms with Crippen molar-refractivity contribution in [3.63, 3.8) is 0 Å². The van der Waals surface area contributed by atoms with Crippen LogP contribution in [0.2, 0.25) is 0 Å². The lowest BCUT2D eigenvalue weighted by Crippen LogP contribution is -2.25. The fourth-order valence-corrected chi connectivity index (χ4v) is 2.88. The Kier molecular flexibility index (Phi) is 3.55. The van der Waals surface area contributed by atoms with Crippen LogP contribution in [0.5, 0.6) is 0 Å². The quantitative estimate of drug-likeness (QED) is 0.786. The third-order valence-corrected chi connectivity index (χ3v) is 4.09. The third kappa shape index (κ3) is 2.54. The summed E-state index contributed by atoms with van der Waals surface area (Å²) in [7, 11) is 0. The van der Waals surface area contributed by atoms with Crippen molar-refractivity contribution >= 4 is 11.4 Å². The Morgan fingerprint density at radius 3 is 2.76 bits per heavy atom. The SMILES string of the molecule is CCC1CCC(Nc2ccc(N)cc2F)C1C. The molecule has 0 aromatic heterocycles. The molecule has 0 saturated heterocycles. The minimum atomic E-state index is -0.253. The zero-order chi connectivity index (χ0) is 12.4. The van der Waals surface area contributed by atoms with Gasteiger partial charge in [0.15, 0.2) is 0 Å². The summed E-state index contributed by atoms with van der Waals surface area (Å²) in [5, 5.41) is 3.32. The monoisotopic (exact) mass is 236 g/mol. The number of rotatable bonds is 3. The number of anilines is 2. The number of nitrogen functional groups attached to an aromatic ring is 1. The molecule has 3 N–H and O–H groups in total. The fourth-order valence-electron chi connectivity index (χ4n) is 2.88. The molecule has 3 unspecified atom stereocenters. The third-order valence-electron chi connectivity index (χ3n) is 4.09. The van der Waals surface area contributed by atoms with Crippen molar-refractivity contribution in [2.75, 3.05) is 11.1 Å². The second-order valence-corrected chi connectivity index (χ2v) is 5.09. The van der Waals surface area contributed by atoms with Gasteiger partial charge in [0.2, 0.25) is 0 Å². The van der Waals surface area contributed by atoms with Crippen molar-refractivity contribution in [2.45, 2.75) is 39.2 Å². The maximum absolute atomic E-state index is 13.7. The first-order valence-corrected chi connectivity index (χ1v) is 6.43. The smallest absolute Gasteiger partial charge is 0.148 e. The van der Waals surface area contributed by atoms with Crippen LogP contribution in [0.25, 0.3) is 0 Å². The number of halogens is 1. The van der Waals surface area contributed by atoms with Crippen molar-refractivity contribution in [1.29, 1.82) is 0 Å². The molecule has 0 heterocycles.